The number of hydrogen-bond donors (Lipinski definition) is 2. The van der Waals surface area contributed by atoms with Gasteiger partial charge in [-0.1, -0.05) is 18.2 Å². The van der Waals surface area contributed by atoms with Crippen molar-refractivity contribution in [3.63, 3.8) is 0 Å². The van der Waals surface area contributed by atoms with Crippen LogP contribution in [-0.4, -0.2) is 67.8 Å². The van der Waals surface area contributed by atoms with Crippen molar-refractivity contribution < 1.29 is 28.0 Å². The van der Waals surface area contributed by atoms with Crippen LogP contribution in [0.4, 0.5) is 5.69 Å². The first-order chi connectivity index (χ1) is 15.3. The second-order valence-corrected chi connectivity index (χ2v) is 10.8. The molecule has 2 fully saturated rings. The van der Waals surface area contributed by atoms with Crippen LogP contribution in [0.1, 0.15) is 44.9 Å². The second-order valence-electron chi connectivity index (χ2n) is 8.58. The van der Waals surface area contributed by atoms with Crippen LogP contribution in [0.2, 0.25) is 0 Å². The molecule has 2 aliphatic rings. The van der Waals surface area contributed by atoms with Crippen LogP contribution in [0, 0.1) is 5.92 Å². The molecule has 3 rings (SSSR count). The lowest BCUT2D eigenvalue weighted by atomic mass is 9.92. The smallest absolute Gasteiger partial charge is 0.266 e. The van der Waals surface area contributed by atoms with Gasteiger partial charge in [0.15, 0.2) is 4.75 Å². The molecule has 0 unspecified atom stereocenters. The summed E-state index contributed by atoms with van der Waals surface area (Å²) in [4.78, 5) is 26.4. The Bertz CT molecular complexity index is 878. The lowest BCUT2D eigenvalue weighted by Crippen LogP contribution is -2.60. The molecular formula is C22H33N3O6S. The molecule has 0 aliphatic carbocycles. The predicted molar refractivity (Wildman–Crippen MR) is 120 cm³/mol. The van der Waals surface area contributed by atoms with E-state index in [0.717, 1.165) is 18.5 Å². The minimum atomic E-state index is -3.94. The average Bonchev–Trinajstić information content (AvgIpc) is 2.84. The van der Waals surface area contributed by atoms with E-state index < -0.39 is 20.7 Å². The topological polar surface area (TPSA) is 116 Å². The third-order valence-electron chi connectivity index (χ3n) is 6.74. The van der Waals surface area contributed by atoms with Crippen LogP contribution in [0.25, 0.3) is 0 Å². The van der Waals surface area contributed by atoms with Crippen LogP contribution in [-0.2, 0) is 24.3 Å². The summed E-state index contributed by atoms with van der Waals surface area (Å²) in [5.74, 6) is -0.481. The summed E-state index contributed by atoms with van der Waals surface area (Å²) >= 11 is 0. The van der Waals surface area contributed by atoms with E-state index in [-0.39, 0.29) is 32.0 Å². The molecular weight excluding hydrogens is 434 g/mol. The molecule has 0 radical (unpaired) electrons. The molecule has 0 saturated carbocycles. The van der Waals surface area contributed by atoms with Gasteiger partial charge in [-0.05, 0) is 43.7 Å². The number of para-hydroxylation sites is 1. The molecule has 0 atom stereocenters. The first-order valence-electron chi connectivity index (χ1n) is 11.2. The number of carbonyl (C=O) groups is 2. The van der Waals surface area contributed by atoms with Gasteiger partial charge in [-0.15, -0.1) is 0 Å². The zero-order valence-electron chi connectivity index (χ0n) is 18.5. The molecule has 0 spiro atoms. The van der Waals surface area contributed by atoms with E-state index in [4.69, 9.17) is 9.94 Å². The Balaban J connectivity index is 1.50. The fourth-order valence-corrected chi connectivity index (χ4v) is 6.74. The van der Waals surface area contributed by atoms with Crippen molar-refractivity contribution in [3.8, 4) is 0 Å². The van der Waals surface area contributed by atoms with Gasteiger partial charge in [0.05, 0.1) is 0 Å². The Kier molecular flexibility index (Phi) is 8.26. The Morgan fingerprint density at radius 2 is 1.81 bits per heavy atom. The van der Waals surface area contributed by atoms with E-state index in [1.165, 1.54) is 4.31 Å². The van der Waals surface area contributed by atoms with Gasteiger partial charge in [0.2, 0.25) is 15.9 Å². The third-order valence-corrected chi connectivity index (χ3v) is 9.37. The SMILES string of the molecule is CN(C(=O)CCCC1CCN(S(=O)(=O)C2(C(=O)NO)CCOCC2)CC1)c1ccccc1. The normalized spacial score (nSPS) is 19.9. The molecule has 2 saturated heterocycles. The Hall–Kier alpha value is -2.01. The molecule has 2 aliphatic heterocycles. The fourth-order valence-electron chi connectivity index (χ4n) is 4.60. The first kappa shape index (κ1) is 24.6. The number of anilines is 1. The summed E-state index contributed by atoms with van der Waals surface area (Å²) in [5, 5.41) is 9.16. The number of nitrogens with one attached hydrogen (secondary N) is 1. The van der Waals surface area contributed by atoms with Gasteiger partial charge in [-0.3, -0.25) is 14.8 Å². The van der Waals surface area contributed by atoms with Crippen molar-refractivity contribution >= 4 is 27.5 Å². The molecule has 1 aromatic rings. The molecule has 10 heteroatoms. The summed E-state index contributed by atoms with van der Waals surface area (Å²) in [7, 11) is -2.16. The highest BCUT2D eigenvalue weighted by Crippen LogP contribution is 2.35. The Morgan fingerprint density at radius 1 is 1.19 bits per heavy atom. The van der Waals surface area contributed by atoms with E-state index >= 15 is 0 Å². The molecule has 32 heavy (non-hydrogen) atoms. The zero-order valence-corrected chi connectivity index (χ0v) is 19.3. The maximum Gasteiger partial charge on any atom is 0.266 e. The van der Waals surface area contributed by atoms with Gasteiger partial charge in [0, 0.05) is 58.3 Å². The van der Waals surface area contributed by atoms with Crippen LogP contribution in [0.3, 0.4) is 0 Å². The van der Waals surface area contributed by atoms with Crippen LogP contribution < -0.4 is 10.4 Å². The zero-order chi connectivity index (χ0) is 23.2. The van der Waals surface area contributed by atoms with E-state index in [1.807, 2.05) is 30.3 Å². The van der Waals surface area contributed by atoms with Crippen molar-refractivity contribution in [1.29, 1.82) is 0 Å². The lowest BCUT2D eigenvalue weighted by molar-refractivity contribution is -0.134. The van der Waals surface area contributed by atoms with Gasteiger partial charge in [0.1, 0.15) is 0 Å². The molecule has 9 nitrogen and oxygen atoms in total. The minimum Gasteiger partial charge on any atom is -0.381 e. The van der Waals surface area contributed by atoms with E-state index in [2.05, 4.69) is 0 Å². The number of hydrogen-bond acceptors (Lipinski definition) is 6. The monoisotopic (exact) mass is 467 g/mol. The number of amides is 2. The molecule has 2 N–H and O–H groups in total. The molecule has 0 aromatic heterocycles. The molecule has 1 aromatic carbocycles. The van der Waals surface area contributed by atoms with Gasteiger partial charge in [-0.25, -0.2) is 18.2 Å². The van der Waals surface area contributed by atoms with Gasteiger partial charge < -0.3 is 9.64 Å². The van der Waals surface area contributed by atoms with Gasteiger partial charge >= 0.3 is 0 Å². The average molecular weight is 468 g/mol. The number of carbonyl (C=O) groups excluding carboxylic acids is 2. The number of sulfonamides is 1. The molecule has 2 amide bonds. The van der Waals surface area contributed by atoms with Crippen molar-refractivity contribution in [3.05, 3.63) is 30.3 Å². The van der Waals surface area contributed by atoms with Gasteiger partial charge in [-0.2, -0.15) is 0 Å². The number of rotatable bonds is 8. The van der Waals surface area contributed by atoms with Crippen molar-refractivity contribution in [2.24, 2.45) is 5.92 Å². The van der Waals surface area contributed by atoms with E-state index in [0.29, 0.717) is 38.3 Å². The Morgan fingerprint density at radius 3 is 2.41 bits per heavy atom. The van der Waals surface area contributed by atoms with Crippen molar-refractivity contribution in [1.82, 2.24) is 9.79 Å². The summed E-state index contributed by atoms with van der Waals surface area (Å²) in [6.45, 7) is 1.00. The minimum absolute atomic E-state index is 0.0265. The quantitative estimate of drug-likeness (QED) is 0.446. The number of nitrogens with zero attached hydrogens (tertiary/aromatic N) is 2. The highest BCUT2D eigenvalue weighted by molar-refractivity contribution is 7.91. The molecule has 2 heterocycles. The lowest BCUT2D eigenvalue weighted by Gasteiger charge is -2.40. The summed E-state index contributed by atoms with van der Waals surface area (Å²) in [6, 6.07) is 9.51. The molecule has 178 valence electrons. The first-order valence-corrected chi connectivity index (χ1v) is 12.6. The van der Waals surface area contributed by atoms with Crippen LogP contribution >= 0.6 is 0 Å². The van der Waals surface area contributed by atoms with Crippen molar-refractivity contribution in [2.45, 2.75) is 49.7 Å². The Labute approximate surface area is 189 Å². The highest BCUT2D eigenvalue weighted by Gasteiger charge is 2.54. The van der Waals surface area contributed by atoms with Crippen molar-refractivity contribution in [2.75, 3.05) is 38.3 Å². The van der Waals surface area contributed by atoms with Crippen LogP contribution in [0.15, 0.2) is 30.3 Å². The summed E-state index contributed by atoms with van der Waals surface area (Å²) in [5.41, 5.74) is 2.42. The predicted octanol–water partition coefficient (Wildman–Crippen LogP) is 1.92. The number of hydroxylamine groups is 1. The third kappa shape index (κ3) is 5.14. The maximum atomic E-state index is 13.3. The van der Waals surface area contributed by atoms with E-state index in [1.54, 1.807) is 17.4 Å². The summed E-state index contributed by atoms with van der Waals surface area (Å²) < 4.78 is 31.6. The largest absolute Gasteiger partial charge is 0.381 e. The maximum absolute atomic E-state index is 13.3. The fraction of sp³-hybridized carbons (Fsp3) is 0.636. The van der Waals surface area contributed by atoms with Crippen LogP contribution in [0.5, 0.6) is 0 Å². The highest BCUT2D eigenvalue weighted by atomic mass is 32.2. The number of benzene rings is 1. The van der Waals surface area contributed by atoms with E-state index in [9.17, 15) is 18.0 Å². The molecule has 0 bridgehead atoms. The summed E-state index contributed by atoms with van der Waals surface area (Å²) in [6.07, 6.45) is 3.49. The standard InChI is InChI=1S/C22H33N3O6S/c1-24(19-7-3-2-4-8-19)20(26)9-5-6-18-10-14-25(15-11-18)32(29,30)22(21(27)23-28)12-16-31-17-13-22/h2-4,7-8,18,28H,5-6,9-17H2,1H3,(H,23,27). The second kappa shape index (κ2) is 10.7. The number of piperidine rings is 1. The number of ether oxygens (including phenoxy) is 1. The van der Waals surface area contributed by atoms with Gasteiger partial charge in [0.25, 0.3) is 5.91 Å².